The standard InChI is InChI=1S/C48H30N2Se/c1-2-14-31(15-3-1)33-16-4-5-17-34(33)39-21-12-22-40-47-44(26-13-27-46(47)51-48(39)40)50-43-25-11-8-20-37(43)38-29-28-32(30-45(38)50)49-41-23-9-6-18-35(41)36-19-7-10-24-42(36)49/h1-30H. The van der Waals surface area contributed by atoms with E-state index in [4.69, 9.17) is 0 Å². The Morgan fingerprint density at radius 3 is 1.63 bits per heavy atom. The molecule has 3 heteroatoms. The summed E-state index contributed by atoms with van der Waals surface area (Å²) in [6, 6.07) is 67.0. The maximum atomic E-state index is 2.52. The summed E-state index contributed by atoms with van der Waals surface area (Å²) in [7, 11) is 0. The van der Waals surface area contributed by atoms with Crippen LogP contribution >= 0.6 is 0 Å². The molecule has 0 N–H and O–H groups in total. The molecule has 0 saturated heterocycles. The van der Waals surface area contributed by atoms with Crippen molar-refractivity contribution in [3.05, 3.63) is 182 Å². The molecule has 0 aliphatic rings. The van der Waals surface area contributed by atoms with Gasteiger partial charge in [0.2, 0.25) is 0 Å². The molecule has 11 aromatic rings. The molecule has 0 aliphatic carbocycles. The SMILES string of the molecule is c1ccc(-c2ccccc2-c2cccc3c2[se]c2cccc(-n4c5ccccc5c5ccc(-n6c7ccccc7c7ccccc76)cc54)c23)cc1. The van der Waals surface area contributed by atoms with Gasteiger partial charge in [0.25, 0.3) is 0 Å². The number of fused-ring (bicyclic) bond motifs is 9. The van der Waals surface area contributed by atoms with Crippen LogP contribution in [0, 0.1) is 0 Å². The second kappa shape index (κ2) is 11.2. The molecule has 2 nitrogen and oxygen atoms in total. The van der Waals surface area contributed by atoms with E-state index in [1.165, 1.54) is 96.5 Å². The second-order valence-corrected chi connectivity index (χ2v) is 15.5. The van der Waals surface area contributed by atoms with Crippen LogP contribution in [0.2, 0.25) is 0 Å². The van der Waals surface area contributed by atoms with Gasteiger partial charge < -0.3 is 0 Å². The number of rotatable bonds is 4. The molecule has 51 heavy (non-hydrogen) atoms. The van der Waals surface area contributed by atoms with Crippen molar-refractivity contribution in [2.45, 2.75) is 0 Å². The normalized spacial score (nSPS) is 11.9. The fourth-order valence-electron chi connectivity index (χ4n) is 8.37. The molecular weight excluding hydrogens is 684 g/mol. The fourth-order valence-corrected chi connectivity index (χ4v) is 11.0. The van der Waals surface area contributed by atoms with Crippen molar-refractivity contribution < 1.29 is 0 Å². The van der Waals surface area contributed by atoms with Gasteiger partial charge in [-0.3, -0.25) is 0 Å². The van der Waals surface area contributed by atoms with E-state index in [9.17, 15) is 0 Å². The van der Waals surface area contributed by atoms with Gasteiger partial charge in [-0.05, 0) is 0 Å². The Hall–Kier alpha value is -6.12. The van der Waals surface area contributed by atoms with Gasteiger partial charge in [0.15, 0.2) is 0 Å². The first kappa shape index (κ1) is 28.7. The Morgan fingerprint density at radius 1 is 0.353 bits per heavy atom. The molecule has 3 heterocycles. The molecular formula is C48H30N2Se. The quantitative estimate of drug-likeness (QED) is 0.161. The van der Waals surface area contributed by atoms with Gasteiger partial charge in [0.1, 0.15) is 0 Å². The van der Waals surface area contributed by atoms with Crippen molar-refractivity contribution in [1.29, 1.82) is 0 Å². The summed E-state index contributed by atoms with van der Waals surface area (Å²) < 4.78 is 7.85. The Balaban J connectivity index is 1.20. The van der Waals surface area contributed by atoms with E-state index < -0.39 is 0 Å². The predicted octanol–water partition coefficient (Wildman–Crippen LogP) is 12.6. The first-order valence-electron chi connectivity index (χ1n) is 17.4. The van der Waals surface area contributed by atoms with Crippen LogP contribution in [0.4, 0.5) is 0 Å². The fraction of sp³-hybridized carbons (Fsp3) is 0. The van der Waals surface area contributed by atoms with Crippen LogP contribution in [-0.4, -0.2) is 23.6 Å². The Morgan fingerprint density at radius 2 is 0.902 bits per heavy atom. The molecule has 8 aromatic carbocycles. The van der Waals surface area contributed by atoms with E-state index in [1.807, 2.05) is 0 Å². The summed E-state index contributed by atoms with van der Waals surface area (Å²) in [5.74, 6) is 0. The Kier molecular flexibility index (Phi) is 6.30. The van der Waals surface area contributed by atoms with Gasteiger partial charge in [0, 0.05) is 0 Å². The average molecular weight is 714 g/mol. The zero-order valence-corrected chi connectivity index (χ0v) is 29.3. The van der Waals surface area contributed by atoms with Crippen LogP contribution in [-0.2, 0) is 0 Å². The van der Waals surface area contributed by atoms with E-state index in [0.717, 1.165) is 0 Å². The number of hydrogen-bond acceptors (Lipinski definition) is 0. The van der Waals surface area contributed by atoms with Crippen molar-refractivity contribution in [2.24, 2.45) is 0 Å². The summed E-state index contributed by atoms with van der Waals surface area (Å²) >= 11 is 0.161. The van der Waals surface area contributed by atoms with Crippen molar-refractivity contribution in [3.63, 3.8) is 0 Å². The number of benzene rings is 8. The van der Waals surface area contributed by atoms with Crippen molar-refractivity contribution in [2.75, 3.05) is 0 Å². The zero-order chi connectivity index (χ0) is 33.5. The molecule has 3 aromatic heterocycles. The van der Waals surface area contributed by atoms with Crippen molar-refractivity contribution in [3.8, 4) is 33.6 Å². The number of para-hydroxylation sites is 3. The van der Waals surface area contributed by atoms with E-state index in [2.05, 4.69) is 191 Å². The first-order valence-corrected chi connectivity index (χ1v) is 19.2. The number of hydrogen-bond donors (Lipinski definition) is 0. The predicted molar refractivity (Wildman–Crippen MR) is 218 cm³/mol. The molecule has 0 fully saturated rings. The molecule has 0 atom stereocenters. The van der Waals surface area contributed by atoms with E-state index >= 15 is 0 Å². The molecule has 11 rings (SSSR count). The summed E-state index contributed by atoms with van der Waals surface area (Å²) in [4.78, 5) is 0. The van der Waals surface area contributed by atoms with Gasteiger partial charge in [0.05, 0.1) is 0 Å². The topological polar surface area (TPSA) is 9.86 Å². The Bertz CT molecular complexity index is 3090. The van der Waals surface area contributed by atoms with E-state index in [-0.39, 0.29) is 14.5 Å². The van der Waals surface area contributed by atoms with Crippen LogP contribution < -0.4 is 0 Å². The van der Waals surface area contributed by atoms with Crippen LogP contribution in [0.5, 0.6) is 0 Å². The third-order valence-electron chi connectivity index (χ3n) is 10.5. The minimum atomic E-state index is 0.161. The van der Waals surface area contributed by atoms with E-state index in [1.54, 1.807) is 0 Å². The second-order valence-electron chi connectivity index (χ2n) is 13.3. The van der Waals surface area contributed by atoms with Gasteiger partial charge >= 0.3 is 302 Å². The molecule has 238 valence electrons. The third-order valence-corrected chi connectivity index (χ3v) is 13.1. The molecule has 0 amide bonds. The molecule has 0 radical (unpaired) electrons. The Labute approximate surface area is 300 Å². The van der Waals surface area contributed by atoms with Gasteiger partial charge in [-0.25, -0.2) is 0 Å². The minimum absolute atomic E-state index is 0.161. The number of nitrogens with zero attached hydrogens (tertiary/aromatic N) is 2. The zero-order valence-electron chi connectivity index (χ0n) is 27.6. The van der Waals surface area contributed by atoms with Crippen LogP contribution in [0.3, 0.4) is 0 Å². The molecule has 0 spiro atoms. The molecule has 0 aliphatic heterocycles. The van der Waals surface area contributed by atoms with Crippen LogP contribution in [0.1, 0.15) is 0 Å². The van der Waals surface area contributed by atoms with Crippen molar-refractivity contribution >= 4 is 77.4 Å². The summed E-state index contributed by atoms with van der Waals surface area (Å²) in [5.41, 5.74) is 12.5. The van der Waals surface area contributed by atoms with Gasteiger partial charge in [-0.1, -0.05) is 0 Å². The van der Waals surface area contributed by atoms with Crippen LogP contribution in [0.25, 0.3) is 96.5 Å². The van der Waals surface area contributed by atoms with E-state index in [0.29, 0.717) is 0 Å². The molecule has 0 unspecified atom stereocenters. The monoisotopic (exact) mass is 714 g/mol. The summed E-state index contributed by atoms with van der Waals surface area (Å²) in [5, 5.41) is 7.80. The molecule has 0 saturated carbocycles. The third kappa shape index (κ3) is 4.23. The number of aromatic nitrogens is 2. The molecule has 0 bridgehead atoms. The summed E-state index contributed by atoms with van der Waals surface area (Å²) in [6.45, 7) is 0. The van der Waals surface area contributed by atoms with Gasteiger partial charge in [-0.2, -0.15) is 0 Å². The van der Waals surface area contributed by atoms with Crippen molar-refractivity contribution in [1.82, 2.24) is 9.13 Å². The first-order chi connectivity index (χ1) is 25.3. The summed E-state index contributed by atoms with van der Waals surface area (Å²) in [6.07, 6.45) is 0. The van der Waals surface area contributed by atoms with Gasteiger partial charge in [-0.15, -0.1) is 0 Å². The van der Waals surface area contributed by atoms with Crippen LogP contribution in [0.15, 0.2) is 182 Å². The maximum absolute atomic E-state index is 2.52. The average Bonchev–Trinajstić information content (AvgIpc) is 3.86.